The van der Waals surface area contributed by atoms with Gasteiger partial charge in [-0.2, -0.15) is 0 Å². The lowest BCUT2D eigenvalue weighted by molar-refractivity contribution is -0.123. The van der Waals surface area contributed by atoms with Gasteiger partial charge in [0.1, 0.15) is 4.90 Å². The zero-order valence-corrected chi connectivity index (χ0v) is 18.4. The summed E-state index contributed by atoms with van der Waals surface area (Å²) in [5.74, 6) is -1.78. The maximum atomic E-state index is 12.6. The molecule has 0 heterocycles. The number of halogens is 1. The van der Waals surface area contributed by atoms with Crippen LogP contribution in [0.5, 0.6) is 0 Å². The summed E-state index contributed by atoms with van der Waals surface area (Å²) in [6.45, 7) is 2.74. The molecule has 0 saturated carbocycles. The summed E-state index contributed by atoms with van der Waals surface area (Å²) in [6, 6.07) is 11.5. The summed E-state index contributed by atoms with van der Waals surface area (Å²) in [5, 5.41) is 4.37. The molecule has 2 aromatic rings. The first-order valence-electron chi connectivity index (χ1n) is 9.19. The average Bonchev–Trinajstić information content (AvgIpc) is 2.71. The van der Waals surface area contributed by atoms with Crippen LogP contribution in [0.1, 0.15) is 29.8 Å². The maximum absolute atomic E-state index is 12.6. The van der Waals surface area contributed by atoms with Crippen LogP contribution < -0.4 is 15.4 Å². The monoisotopic (exact) mass is 467 g/mol. The van der Waals surface area contributed by atoms with Crippen molar-refractivity contribution in [3.05, 3.63) is 64.7 Å². The van der Waals surface area contributed by atoms with E-state index in [1.807, 2.05) is 5.32 Å². The lowest BCUT2D eigenvalue weighted by atomic mass is 10.2. The Morgan fingerprint density at radius 2 is 1.74 bits per heavy atom. The molecule has 0 bridgehead atoms. The van der Waals surface area contributed by atoms with Gasteiger partial charge < -0.3 is 10.1 Å². The van der Waals surface area contributed by atoms with Gasteiger partial charge in [-0.3, -0.25) is 10.1 Å². The van der Waals surface area contributed by atoms with Gasteiger partial charge in [0, 0.05) is 12.6 Å². The molecule has 0 unspecified atom stereocenters. The van der Waals surface area contributed by atoms with Crippen LogP contribution in [0.25, 0.3) is 0 Å². The van der Waals surface area contributed by atoms with E-state index in [0.717, 1.165) is 11.6 Å². The Morgan fingerprint density at radius 3 is 2.39 bits per heavy atom. The third-order valence-corrected chi connectivity index (χ3v) is 5.66. The molecule has 31 heavy (non-hydrogen) atoms. The van der Waals surface area contributed by atoms with Gasteiger partial charge in [0.25, 0.3) is 5.91 Å². The van der Waals surface area contributed by atoms with E-state index >= 15 is 0 Å². The molecular weight excluding hydrogens is 446 g/mol. The Morgan fingerprint density at radius 1 is 1.06 bits per heavy atom. The van der Waals surface area contributed by atoms with Crippen LogP contribution in [-0.2, 0) is 26.1 Å². The Balaban J connectivity index is 2.03. The number of nitrogens with one attached hydrogen (secondary N) is 3. The Labute approximate surface area is 185 Å². The first-order valence-corrected chi connectivity index (χ1v) is 11.0. The van der Waals surface area contributed by atoms with Gasteiger partial charge in [0.15, 0.2) is 6.61 Å². The van der Waals surface area contributed by atoms with Crippen LogP contribution in [0.3, 0.4) is 0 Å². The summed E-state index contributed by atoms with van der Waals surface area (Å²) in [6.07, 6.45) is 0. The van der Waals surface area contributed by atoms with Crippen molar-refractivity contribution in [1.82, 2.24) is 15.4 Å². The van der Waals surface area contributed by atoms with Gasteiger partial charge in [-0.15, -0.1) is 0 Å². The molecule has 0 aromatic heterocycles. The molecule has 3 amide bonds. The first kappa shape index (κ1) is 24.3. The number of ether oxygens (including phenoxy) is 1. The van der Waals surface area contributed by atoms with E-state index in [-0.39, 0.29) is 28.1 Å². The van der Waals surface area contributed by atoms with Crippen molar-refractivity contribution < 1.29 is 27.5 Å². The van der Waals surface area contributed by atoms with Crippen molar-refractivity contribution in [3.8, 4) is 0 Å². The number of esters is 1. The van der Waals surface area contributed by atoms with Gasteiger partial charge in [0.05, 0.1) is 10.6 Å². The molecular formula is C20H22ClN3O6S. The number of rotatable bonds is 8. The van der Waals surface area contributed by atoms with Crippen LogP contribution in [0.15, 0.2) is 53.4 Å². The van der Waals surface area contributed by atoms with Crippen molar-refractivity contribution in [1.29, 1.82) is 0 Å². The van der Waals surface area contributed by atoms with E-state index in [0.29, 0.717) is 0 Å². The molecule has 9 nitrogen and oxygen atoms in total. The van der Waals surface area contributed by atoms with E-state index in [2.05, 4.69) is 10.0 Å². The summed E-state index contributed by atoms with van der Waals surface area (Å²) in [7, 11) is -4.03. The molecule has 0 atom stereocenters. The molecule has 2 rings (SSSR count). The van der Waals surface area contributed by atoms with Crippen molar-refractivity contribution >= 4 is 39.5 Å². The normalized spacial score (nSPS) is 11.1. The van der Waals surface area contributed by atoms with Crippen molar-refractivity contribution in [3.63, 3.8) is 0 Å². The molecule has 11 heteroatoms. The van der Waals surface area contributed by atoms with Gasteiger partial charge in [-0.25, -0.2) is 22.7 Å². The van der Waals surface area contributed by atoms with Crippen LogP contribution >= 0.6 is 11.6 Å². The van der Waals surface area contributed by atoms with Crippen molar-refractivity contribution in [2.24, 2.45) is 0 Å². The number of benzene rings is 2. The highest BCUT2D eigenvalue weighted by molar-refractivity contribution is 7.89. The number of sulfonamides is 1. The zero-order valence-electron chi connectivity index (χ0n) is 16.8. The van der Waals surface area contributed by atoms with Gasteiger partial charge in [-0.05, 0) is 37.6 Å². The predicted molar refractivity (Wildman–Crippen MR) is 114 cm³/mol. The molecule has 0 aliphatic carbocycles. The van der Waals surface area contributed by atoms with Gasteiger partial charge >= 0.3 is 12.0 Å². The number of hydrogen-bond acceptors (Lipinski definition) is 6. The second-order valence-electron chi connectivity index (χ2n) is 6.71. The first-order chi connectivity index (χ1) is 14.6. The Hall–Kier alpha value is -2.95. The Bertz CT molecular complexity index is 1060. The molecule has 0 spiro atoms. The highest BCUT2D eigenvalue weighted by atomic mass is 35.5. The standard InChI is InChI=1S/C20H22ClN3O6S/c1-13(2)23-20(27)24-18(25)12-30-19(26)15-8-9-16(21)17(10-15)31(28,29)22-11-14-6-4-3-5-7-14/h3-10,13,22H,11-12H2,1-2H3,(H2,23,24,25,27). The maximum Gasteiger partial charge on any atom is 0.338 e. The minimum absolute atomic E-state index is 0.0345. The topological polar surface area (TPSA) is 131 Å². The van der Waals surface area contributed by atoms with E-state index in [1.165, 1.54) is 12.1 Å². The fraction of sp³-hybridized carbons (Fsp3) is 0.250. The number of amides is 3. The predicted octanol–water partition coefficient (Wildman–Crippen LogP) is 2.21. The zero-order chi connectivity index (χ0) is 23.0. The fourth-order valence-electron chi connectivity index (χ4n) is 2.36. The second-order valence-corrected chi connectivity index (χ2v) is 8.85. The third kappa shape index (κ3) is 7.67. The van der Waals surface area contributed by atoms with E-state index in [9.17, 15) is 22.8 Å². The number of hydrogen-bond donors (Lipinski definition) is 3. The average molecular weight is 468 g/mol. The summed E-state index contributed by atoms with van der Waals surface area (Å²) in [5.41, 5.74) is 0.620. The number of carbonyl (C=O) groups excluding carboxylic acids is 3. The smallest absolute Gasteiger partial charge is 0.338 e. The second kappa shape index (κ2) is 10.9. The number of carbonyl (C=O) groups is 3. The van der Waals surface area contributed by atoms with Crippen molar-refractivity contribution in [2.45, 2.75) is 31.3 Å². The molecule has 0 saturated heterocycles. The van der Waals surface area contributed by atoms with Crippen LogP contribution in [-0.4, -0.2) is 39.0 Å². The molecule has 166 valence electrons. The van der Waals surface area contributed by atoms with Crippen LogP contribution in [0, 0.1) is 0 Å². The molecule has 3 N–H and O–H groups in total. The minimum atomic E-state index is -4.03. The molecule has 0 aliphatic heterocycles. The lowest BCUT2D eigenvalue weighted by Crippen LogP contribution is -2.44. The molecule has 0 radical (unpaired) electrons. The van der Waals surface area contributed by atoms with Gasteiger partial charge in [-0.1, -0.05) is 41.9 Å². The SMILES string of the molecule is CC(C)NC(=O)NC(=O)COC(=O)c1ccc(Cl)c(S(=O)(=O)NCc2ccccc2)c1. The lowest BCUT2D eigenvalue weighted by Gasteiger charge is -2.11. The number of urea groups is 1. The molecule has 0 aliphatic rings. The van der Waals surface area contributed by atoms with Crippen molar-refractivity contribution in [2.75, 3.05) is 6.61 Å². The quantitative estimate of drug-likeness (QED) is 0.510. The largest absolute Gasteiger partial charge is 0.452 e. The summed E-state index contributed by atoms with van der Waals surface area (Å²) >= 11 is 6.01. The van der Waals surface area contributed by atoms with Gasteiger partial charge in [0.2, 0.25) is 10.0 Å². The minimum Gasteiger partial charge on any atom is -0.452 e. The van der Waals surface area contributed by atoms with E-state index in [4.69, 9.17) is 16.3 Å². The summed E-state index contributed by atoms with van der Waals surface area (Å²) in [4.78, 5) is 35.1. The fourth-order valence-corrected chi connectivity index (χ4v) is 3.90. The highest BCUT2D eigenvalue weighted by Crippen LogP contribution is 2.23. The molecule has 2 aromatic carbocycles. The third-order valence-electron chi connectivity index (χ3n) is 3.77. The van der Waals surface area contributed by atoms with Crippen LogP contribution in [0.4, 0.5) is 4.79 Å². The van der Waals surface area contributed by atoms with E-state index < -0.39 is 34.5 Å². The summed E-state index contributed by atoms with van der Waals surface area (Å²) < 4.78 is 32.5. The Kier molecular flexibility index (Phi) is 8.55. The highest BCUT2D eigenvalue weighted by Gasteiger charge is 2.21. The number of imide groups is 1. The van der Waals surface area contributed by atoms with Crippen LogP contribution in [0.2, 0.25) is 5.02 Å². The van der Waals surface area contributed by atoms with E-state index in [1.54, 1.807) is 44.2 Å². The molecule has 0 fully saturated rings.